The fourth-order valence-corrected chi connectivity index (χ4v) is 3.35. The van der Waals surface area contributed by atoms with Crippen molar-refractivity contribution < 1.29 is 13.9 Å². The van der Waals surface area contributed by atoms with E-state index in [1.807, 2.05) is 17.9 Å². The molecular formula is C21H19ClFN5O2. The normalized spacial score (nSPS) is 13.6. The summed E-state index contributed by atoms with van der Waals surface area (Å²) in [4.78, 5) is 27.3. The largest absolute Gasteiger partial charge is 0.487 e. The molecule has 1 saturated heterocycles. The average molecular weight is 428 g/mol. The molecule has 7 nitrogen and oxygen atoms in total. The van der Waals surface area contributed by atoms with Crippen LogP contribution in [0.1, 0.15) is 23.0 Å². The Morgan fingerprint density at radius 3 is 2.80 bits per heavy atom. The van der Waals surface area contributed by atoms with E-state index >= 15 is 0 Å². The third kappa shape index (κ3) is 4.49. The van der Waals surface area contributed by atoms with Crippen molar-refractivity contribution in [1.29, 1.82) is 0 Å². The number of aromatic nitrogens is 3. The lowest BCUT2D eigenvalue weighted by atomic mass is 10.1. The number of ether oxygens (including phenoxy) is 1. The van der Waals surface area contributed by atoms with Crippen molar-refractivity contribution in [3.8, 4) is 5.75 Å². The zero-order valence-electron chi connectivity index (χ0n) is 16.2. The number of benzene rings is 1. The highest BCUT2D eigenvalue weighted by atomic mass is 35.5. The summed E-state index contributed by atoms with van der Waals surface area (Å²) in [5.74, 6) is 0.00873. The van der Waals surface area contributed by atoms with E-state index in [0.29, 0.717) is 30.3 Å². The molecule has 1 aliphatic heterocycles. The lowest BCUT2D eigenvalue weighted by molar-refractivity contribution is 0.102. The molecule has 1 N–H and O–H groups in total. The van der Waals surface area contributed by atoms with Gasteiger partial charge in [-0.3, -0.25) is 9.78 Å². The van der Waals surface area contributed by atoms with Crippen molar-refractivity contribution in [3.63, 3.8) is 0 Å². The van der Waals surface area contributed by atoms with E-state index in [-0.39, 0.29) is 22.7 Å². The minimum Gasteiger partial charge on any atom is -0.487 e. The summed E-state index contributed by atoms with van der Waals surface area (Å²) in [5, 5.41) is 3.10. The number of hydrogen-bond acceptors (Lipinski definition) is 6. The number of nitrogens with zero attached hydrogens (tertiary/aromatic N) is 4. The summed E-state index contributed by atoms with van der Waals surface area (Å²) < 4.78 is 19.2. The van der Waals surface area contributed by atoms with Crippen molar-refractivity contribution in [2.45, 2.75) is 19.4 Å². The number of nitrogens with one attached hydrogen (secondary N) is 1. The highest BCUT2D eigenvalue weighted by Gasteiger charge is 2.33. The van der Waals surface area contributed by atoms with Gasteiger partial charge in [0.05, 0.1) is 25.0 Å². The van der Waals surface area contributed by atoms with E-state index in [4.69, 9.17) is 16.3 Å². The first-order chi connectivity index (χ1) is 14.5. The summed E-state index contributed by atoms with van der Waals surface area (Å²) in [6.07, 6.45) is 7.00. The van der Waals surface area contributed by atoms with Gasteiger partial charge in [-0.25, -0.2) is 14.4 Å². The van der Waals surface area contributed by atoms with Gasteiger partial charge >= 0.3 is 0 Å². The van der Waals surface area contributed by atoms with Crippen LogP contribution in [-0.4, -0.2) is 40.1 Å². The van der Waals surface area contributed by atoms with Gasteiger partial charge in [-0.05, 0) is 30.2 Å². The summed E-state index contributed by atoms with van der Waals surface area (Å²) in [7, 11) is 0. The Kier molecular flexibility index (Phi) is 5.76. The van der Waals surface area contributed by atoms with Gasteiger partial charge in [0.15, 0.2) is 11.5 Å². The second-order valence-corrected chi connectivity index (χ2v) is 7.30. The predicted molar refractivity (Wildman–Crippen MR) is 112 cm³/mol. The molecule has 3 aromatic rings. The van der Waals surface area contributed by atoms with Crippen LogP contribution in [0.4, 0.5) is 15.9 Å². The molecule has 9 heteroatoms. The Balaban J connectivity index is 1.43. The standard InChI is InChI=1S/C21H19ClFN5O2/c1-2-13-5-16(10-24-9-13)27-21(29)19-20(26-4-3-25-19)28-11-18(12-28)30-17-7-14(22)6-15(23)8-17/h3-10,18H,2,11-12H2,1H3,(H,27,29). The molecule has 0 saturated carbocycles. The number of hydrogen-bond donors (Lipinski definition) is 1. The van der Waals surface area contributed by atoms with Crippen LogP contribution in [0.15, 0.2) is 49.1 Å². The maximum atomic E-state index is 13.5. The number of aryl methyl sites for hydroxylation is 1. The first kappa shape index (κ1) is 20.0. The zero-order chi connectivity index (χ0) is 21.1. The predicted octanol–water partition coefficient (Wildman–Crippen LogP) is 3.75. The van der Waals surface area contributed by atoms with E-state index in [1.165, 1.54) is 24.5 Å². The summed E-state index contributed by atoms with van der Waals surface area (Å²) >= 11 is 5.86. The Hall–Kier alpha value is -3.26. The second-order valence-electron chi connectivity index (χ2n) is 6.87. The Morgan fingerprint density at radius 2 is 2.03 bits per heavy atom. The molecule has 4 rings (SSSR count). The molecule has 2 aromatic heterocycles. The Labute approximate surface area is 177 Å². The molecule has 154 valence electrons. The van der Waals surface area contributed by atoms with Gasteiger partial charge in [-0.1, -0.05) is 18.5 Å². The maximum Gasteiger partial charge on any atom is 0.278 e. The van der Waals surface area contributed by atoms with Crippen LogP contribution in [0, 0.1) is 5.82 Å². The van der Waals surface area contributed by atoms with Crippen LogP contribution in [0.5, 0.6) is 5.75 Å². The van der Waals surface area contributed by atoms with Crippen molar-refractivity contribution in [3.05, 3.63) is 71.2 Å². The molecule has 30 heavy (non-hydrogen) atoms. The van der Waals surface area contributed by atoms with Gasteiger partial charge in [0.2, 0.25) is 0 Å². The molecule has 0 aliphatic carbocycles. The van der Waals surface area contributed by atoms with Crippen LogP contribution in [0.2, 0.25) is 5.02 Å². The van der Waals surface area contributed by atoms with Crippen LogP contribution < -0.4 is 15.0 Å². The second kappa shape index (κ2) is 8.62. The SMILES string of the molecule is CCc1cncc(NC(=O)c2nccnc2N2CC(Oc3cc(F)cc(Cl)c3)C2)c1. The molecule has 0 spiro atoms. The lowest BCUT2D eigenvalue weighted by Gasteiger charge is -2.40. The molecule has 1 aliphatic rings. The number of rotatable bonds is 6. The van der Waals surface area contributed by atoms with E-state index in [2.05, 4.69) is 20.3 Å². The number of amides is 1. The summed E-state index contributed by atoms with van der Waals surface area (Å²) in [6, 6.07) is 5.94. The van der Waals surface area contributed by atoms with Crippen LogP contribution in [0.25, 0.3) is 0 Å². The highest BCUT2D eigenvalue weighted by molar-refractivity contribution is 6.30. The van der Waals surface area contributed by atoms with Crippen LogP contribution >= 0.6 is 11.6 Å². The molecule has 0 radical (unpaired) electrons. The minimum atomic E-state index is -0.455. The fourth-order valence-electron chi connectivity index (χ4n) is 3.14. The van der Waals surface area contributed by atoms with Gasteiger partial charge < -0.3 is 15.0 Å². The molecule has 1 aromatic carbocycles. The van der Waals surface area contributed by atoms with Crippen molar-refractivity contribution in [1.82, 2.24) is 15.0 Å². The van der Waals surface area contributed by atoms with Gasteiger partial charge in [-0.15, -0.1) is 0 Å². The minimum absolute atomic E-state index is 0.175. The van der Waals surface area contributed by atoms with Crippen molar-refractivity contribution in [2.24, 2.45) is 0 Å². The first-order valence-corrected chi connectivity index (χ1v) is 9.83. The molecule has 3 heterocycles. The third-order valence-corrected chi connectivity index (χ3v) is 4.86. The number of halogens is 2. The monoisotopic (exact) mass is 427 g/mol. The smallest absolute Gasteiger partial charge is 0.278 e. The third-order valence-electron chi connectivity index (χ3n) is 4.64. The van der Waals surface area contributed by atoms with Gasteiger partial charge in [-0.2, -0.15) is 0 Å². The quantitative estimate of drug-likeness (QED) is 0.645. The number of pyridine rings is 1. The van der Waals surface area contributed by atoms with E-state index in [0.717, 1.165) is 12.0 Å². The van der Waals surface area contributed by atoms with Gasteiger partial charge in [0.25, 0.3) is 5.91 Å². The first-order valence-electron chi connectivity index (χ1n) is 9.46. The number of carbonyl (C=O) groups excluding carboxylic acids is 1. The van der Waals surface area contributed by atoms with E-state index < -0.39 is 5.82 Å². The number of carbonyl (C=O) groups is 1. The summed E-state index contributed by atoms with van der Waals surface area (Å²) in [6.45, 7) is 2.99. The molecular weight excluding hydrogens is 409 g/mol. The molecule has 1 fully saturated rings. The van der Waals surface area contributed by atoms with Crippen LogP contribution in [-0.2, 0) is 6.42 Å². The Bertz CT molecular complexity index is 1050. The fraction of sp³-hybridized carbons (Fsp3) is 0.238. The molecule has 0 bridgehead atoms. The van der Waals surface area contributed by atoms with Gasteiger partial charge in [0.1, 0.15) is 17.7 Å². The van der Waals surface area contributed by atoms with Crippen molar-refractivity contribution in [2.75, 3.05) is 23.3 Å². The molecule has 0 unspecified atom stereocenters. The van der Waals surface area contributed by atoms with Gasteiger partial charge in [0, 0.05) is 29.7 Å². The summed E-state index contributed by atoms with van der Waals surface area (Å²) in [5.41, 5.74) is 1.84. The average Bonchev–Trinajstić information content (AvgIpc) is 2.70. The maximum absolute atomic E-state index is 13.5. The van der Waals surface area contributed by atoms with Crippen molar-refractivity contribution >= 4 is 29.0 Å². The molecule has 1 amide bonds. The highest BCUT2D eigenvalue weighted by Crippen LogP contribution is 2.27. The van der Waals surface area contributed by atoms with E-state index in [9.17, 15) is 9.18 Å². The number of anilines is 2. The van der Waals surface area contributed by atoms with Crippen LogP contribution in [0.3, 0.4) is 0 Å². The zero-order valence-corrected chi connectivity index (χ0v) is 16.9. The van der Waals surface area contributed by atoms with E-state index in [1.54, 1.807) is 18.5 Å². The molecule has 0 atom stereocenters. The lowest BCUT2D eigenvalue weighted by Crippen LogP contribution is -2.54. The topological polar surface area (TPSA) is 80.2 Å². The Morgan fingerprint density at radius 1 is 1.23 bits per heavy atom.